The van der Waals surface area contributed by atoms with E-state index in [1.165, 1.54) is 11.8 Å². The summed E-state index contributed by atoms with van der Waals surface area (Å²) in [5.41, 5.74) is 5.19. The van der Waals surface area contributed by atoms with Crippen LogP contribution in [0.15, 0.2) is 11.3 Å². The lowest BCUT2D eigenvalue weighted by molar-refractivity contribution is -0.161. The second-order valence-electron chi connectivity index (χ2n) is 5.22. The standard InChI is InChI=1S/C13H18N2O7/c1-6(16)9-8-4-7(5-21-2-3-22-13(14)20)10(12(18)19)15(8)11(9)17/h6,8-9,16H,2-5H2,1H3,(H2,14,20)(H,18,19). The number of nitrogens with two attached hydrogens (primary N) is 1. The van der Waals surface area contributed by atoms with Crippen molar-refractivity contribution in [3.63, 3.8) is 0 Å². The number of primary amides is 1. The SMILES string of the molecule is CC(O)C1C(=O)N2C(C(=O)O)=C(COCCOC(N)=O)CC12. The van der Waals surface area contributed by atoms with Crippen LogP contribution >= 0.6 is 0 Å². The van der Waals surface area contributed by atoms with Crippen molar-refractivity contribution >= 4 is 18.0 Å². The van der Waals surface area contributed by atoms with E-state index in [9.17, 15) is 24.6 Å². The molecule has 0 aromatic carbocycles. The van der Waals surface area contributed by atoms with Gasteiger partial charge in [-0.25, -0.2) is 9.59 Å². The zero-order chi connectivity index (χ0) is 16.4. The van der Waals surface area contributed by atoms with Gasteiger partial charge in [0.05, 0.1) is 31.3 Å². The first-order valence-corrected chi connectivity index (χ1v) is 6.81. The van der Waals surface area contributed by atoms with E-state index < -0.39 is 24.1 Å². The maximum absolute atomic E-state index is 12.0. The van der Waals surface area contributed by atoms with Crippen molar-refractivity contribution in [2.75, 3.05) is 19.8 Å². The summed E-state index contributed by atoms with van der Waals surface area (Å²) in [6.45, 7) is 1.55. The van der Waals surface area contributed by atoms with Gasteiger partial charge in [0.15, 0.2) is 0 Å². The maximum Gasteiger partial charge on any atom is 0.404 e. The van der Waals surface area contributed by atoms with Gasteiger partial charge in [-0.15, -0.1) is 0 Å². The van der Waals surface area contributed by atoms with Crippen LogP contribution in [0.2, 0.25) is 0 Å². The lowest BCUT2D eigenvalue weighted by atomic mass is 9.83. The predicted octanol–water partition coefficient (Wildman–Crippen LogP) is -0.951. The lowest BCUT2D eigenvalue weighted by Crippen LogP contribution is -2.61. The highest BCUT2D eigenvalue weighted by Gasteiger charge is 2.56. The molecule has 122 valence electrons. The van der Waals surface area contributed by atoms with Gasteiger partial charge in [0, 0.05) is 0 Å². The van der Waals surface area contributed by atoms with Crippen molar-refractivity contribution in [2.45, 2.75) is 25.5 Å². The van der Waals surface area contributed by atoms with E-state index in [0.717, 1.165) is 0 Å². The number of fused-ring (bicyclic) bond motifs is 1. The number of amides is 2. The minimum atomic E-state index is -1.20. The summed E-state index contributed by atoms with van der Waals surface area (Å²) in [6.07, 6.45) is -1.39. The Morgan fingerprint density at radius 3 is 2.68 bits per heavy atom. The molecular formula is C13H18N2O7. The van der Waals surface area contributed by atoms with Crippen LogP contribution in [0.1, 0.15) is 13.3 Å². The summed E-state index contributed by atoms with van der Waals surface area (Å²) >= 11 is 0. The number of hydrogen-bond acceptors (Lipinski definition) is 6. The molecule has 0 bridgehead atoms. The fourth-order valence-corrected chi connectivity index (χ4v) is 2.89. The molecule has 22 heavy (non-hydrogen) atoms. The van der Waals surface area contributed by atoms with Gasteiger partial charge < -0.3 is 30.3 Å². The van der Waals surface area contributed by atoms with Crippen molar-refractivity contribution < 1.29 is 34.1 Å². The second kappa shape index (κ2) is 6.32. The van der Waals surface area contributed by atoms with E-state index in [1.54, 1.807) is 0 Å². The van der Waals surface area contributed by atoms with Crippen LogP contribution in [0.3, 0.4) is 0 Å². The topological polar surface area (TPSA) is 139 Å². The third-order valence-electron chi connectivity index (χ3n) is 3.77. The number of aliphatic hydroxyl groups excluding tert-OH is 1. The summed E-state index contributed by atoms with van der Waals surface area (Å²) in [5, 5.41) is 18.9. The Balaban J connectivity index is 1.97. The molecule has 0 aromatic heterocycles. The zero-order valence-corrected chi connectivity index (χ0v) is 12.0. The summed E-state index contributed by atoms with van der Waals surface area (Å²) in [7, 11) is 0. The Kier molecular flexibility index (Phi) is 4.67. The molecule has 4 N–H and O–H groups in total. The van der Waals surface area contributed by atoms with E-state index in [0.29, 0.717) is 12.0 Å². The fraction of sp³-hybridized carbons (Fsp3) is 0.615. The molecular weight excluding hydrogens is 296 g/mol. The number of aliphatic carboxylic acids is 1. The molecule has 0 aromatic rings. The van der Waals surface area contributed by atoms with Crippen LogP contribution in [0, 0.1) is 5.92 Å². The number of rotatable bonds is 7. The molecule has 3 atom stereocenters. The number of hydrogen-bond donors (Lipinski definition) is 3. The van der Waals surface area contributed by atoms with E-state index in [-0.39, 0.29) is 37.5 Å². The Bertz CT molecular complexity index is 528. The van der Waals surface area contributed by atoms with Crippen LogP contribution in [-0.4, -0.2) is 65.0 Å². The van der Waals surface area contributed by atoms with Crippen LogP contribution < -0.4 is 5.73 Å². The first-order chi connectivity index (χ1) is 10.3. The minimum absolute atomic E-state index is 0.0105. The number of nitrogens with zero attached hydrogens (tertiary/aromatic N) is 1. The van der Waals surface area contributed by atoms with Gasteiger partial charge in [-0.3, -0.25) is 4.79 Å². The molecule has 2 amide bonds. The average Bonchev–Trinajstić information content (AvgIpc) is 2.72. The fourth-order valence-electron chi connectivity index (χ4n) is 2.89. The molecule has 1 saturated heterocycles. The Hall–Kier alpha value is -2.13. The third kappa shape index (κ3) is 2.90. The number of aliphatic hydroxyl groups is 1. The number of carboxylic acid groups (broad SMARTS) is 1. The number of β-lactam (4-membered cyclic amide) rings is 1. The van der Waals surface area contributed by atoms with E-state index >= 15 is 0 Å². The van der Waals surface area contributed by atoms with E-state index in [4.69, 9.17) is 10.5 Å². The largest absolute Gasteiger partial charge is 0.477 e. The summed E-state index contributed by atoms with van der Waals surface area (Å²) in [5.74, 6) is -2.17. The number of carboxylic acids is 1. The quantitative estimate of drug-likeness (QED) is 0.406. The van der Waals surface area contributed by atoms with Crippen LogP contribution in [-0.2, 0) is 19.1 Å². The normalized spacial score (nSPS) is 24.8. The third-order valence-corrected chi connectivity index (χ3v) is 3.77. The molecule has 9 nitrogen and oxygen atoms in total. The monoisotopic (exact) mass is 314 g/mol. The molecule has 9 heteroatoms. The molecule has 0 aliphatic carbocycles. The van der Waals surface area contributed by atoms with E-state index in [1.807, 2.05) is 0 Å². The van der Waals surface area contributed by atoms with Gasteiger partial charge in [-0.2, -0.15) is 0 Å². The van der Waals surface area contributed by atoms with Crippen LogP contribution in [0.25, 0.3) is 0 Å². The van der Waals surface area contributed by atoms with Crippen molar-refractivity contribution in [3.8, 4) is 0 Å². The smallest absolute Gasteiger partial charge is 0.404 e. The van der Waals surface area contributed by atoms with Gasteiger partial charge >= 0.3 is 12.1 Å². The highest BCUT2D eigenvalue weighted by atomic mass is 16.6. The average molecular weight is 314 g/mol. The first-order valence-electron chi connectivity index (χ1n) is 6.81. The first kappa shape index (κ1) is 16.2. The van der Waals surface area contributed by atoms with Gasteiger partial charge in [0.25, 0.3) is 0 Å². The second-order valence-corrected chi connectivity index (χ2v) is 5.22. The van der Waals surface area contributed by atoms with Crippen molar-refractivity contribution in [3.05, 3.63) is 11.3 Å². The van der Waals surface area contributed by atoms with Gasteiger partial charge in [-0.05, 0) is 18.9 Å². The molecule has 2 rings (SSSR count). The molecule has 2 aliphatic heterocycles. The predicted molar refractivity (Wildman–Crippen MR) is 71.4 cm³/mol. The minimum Gasteiger partial charge on any atom is -0.477 e. The molecule has 2 heterocycles. The Labute approximate surface area is 126 Å². The van der Waals surface area contributed by atoms with Gasteiger partial charge in [0.1, 0.15) is 12.3 Å². The molecule has 0 radical (unpaired) electrons. The highest BCUT2D eigenvalue weighted by Crippen LogP contribution is 2.43. The Morgan fingerprint density at radius 1 is 1.45 bits per heavy atom. The maximum atomic E-state index is 12.0. The van der Waals surface area contributed by atoms with Crippen LogP contribution in [0.4, 0.5) is 4.79 Å². The summed E-state index contributed by atoms with van der Waals surface area (Å²) in [4.78, 5) is 34.9. The summed E-state index contributed by atoms with van der Waals surface area (Å²) in [6, 6.07) is -0.334. The molecule has 2 aliphatic rings. The van der Waals surface area contributed by atoms with Gasteiger partial charge in [0.2, 0.25) is 5.91 Å². The lowest BCUT2D eigenvalue weighted by Gasteiger charge is -2.44. The van der Waals surface area contributed by atoms with Crippen molar-refractivity contribution in [2.24, 2.45) is 11.7 Å². The molecule has 1 fully saturated rings. The number of ether oxygens (including phenoxy) is 2. The Morgan fingerprint density at radius 2 is 2.14 bits per heavy atom. The highest BCUT2D eigenvalue weighted by molar-refractivity contribution is 5.99. The number of carbonyl (C=O) groups excluding carboxylic acids is 2. The molecule has 0 saturated carbocycles. The van der Waals surface area contributed by atoms with Crippen molar-refractivity contribution in [1.29, 1.82) is 0 Å². The van der Waals surface area contributed by atoms with Gasteiger partial charge in [-0.1, -0.05) is 0 Å². The van der Waals surface area contributed by atoms with Crippen LogP contribution in [0.5, 0.6) is 0 Å². The zero-order valence-electron chi connectivity index (χ0n) is 12.0. The molecule has 3 unspecified atom stereocenters. The summed E-state index contributed by atoms with van der Waals surface area (Å²) < 4.78 is 9.73. The molecule has 0 spiro atoms. The van der Waals surface area contributed by atoms with E-state index in [2.05, 4.69) is 4.74 Å². The number of carbonyl (C=O) groups is 3. The van der Waals surface area contributed by atoms with Crippen molar-refractivity contribution in [1.82, 2.24) is 4.90 Å².